The number of para-hydroxylation sites is 1. The number of rotatable bonds is 6. The summed E-state index contributed by atoms with van der Waals surface area (Å²) in [6.45, 7) is 3.73. The van der Waals surface area contributed by atoms with Crippen LogP contribution in [0.1, 0.15) is 25.8 Å². The zero-order valence-electron chi connectivity index (χ0n) is 15.4. The minimum Gasteiger partial charge on any atom is -0.484 e. The van der Waals surface area contributed by atoms with Crippen molar-refractivity contribution in [1.82, 2.24) is 5.43 Å². The van der Waals surface area contributed by atoms with Crippen molar-refractivity contribution in [2.24, 2.45) is 0 Å². The zero-order valence-corrected chi connectivity index (χ0v) is 15.4. The molecule has 2 aromatic carbocycles. The minimum absolute atomic E-state index is 0.103. The summed E-state index contributed by atoms with van der Waals surface area (Å²) in [5.74, 6) is -0.954. The highest BCUT2D eigenvalue weighted by atomic mass is 16.6. The van der Waals surface area contributed by atoms with E-state index in [9.17, 15) is 19.7 Å². The molecule has 1 N–H and O–H groups in total. The Labute approximate surface area is 161 Å². The standard InChI is InChI=1S/C20H19N3O5/c1-3-13(2)28-18-10-9-14(12-17(18)23(26)27)11-16-19(24)21-22(20(16)25)15-7-5-4-6-8-15/h4-13H,3H2,1-2H3,(H,21,24)/b16-11-/t13-/m0/s1. The Morgan fingerprint density at radius 1 is 1.21 bits per heavy atom. The number of benzene rings is 2. The number of nitro groups is 1. The Morgan fingerprint density at radius 2 is 1.93 bits per heavy atom. The van der Waals surface area contributed by atoms with Crippen LogP contribution in [0.25, 0.3) is 6.08 Å². The van der Waals surface area contributed by atoms with E-state index in [1.807, 2.05) is 13.8 Å². The number of nitrogens with one attached hydrogen (secondary N) is 1. The van der Waals surface area contributed by atoms with Crippen molar-refractivity contribution < 1.29 is 19.2 Å². The van der Waals surface area contributed by atoms with Gasteiger partial charge in [-0.25, -0.2) is 5.01 Å². The summed E-state index contributed by atoms with van der Waals surface area (Å²) in [5, 5.41) is 12.5. The van der Waals surface area contributed by atoms with Gasteiger partial charge in [0.25, 0.3) is 11.8 Å². The summed E-state index contributed by atoms with van der Waals surface area (Å²) in [7, 11) is 0. The van der Waals surface area contributed by atoms with E-state index in [4.69, 9.17) is 4.74 Å². The van der Waals surface area contributed by atoms with Crippen LogP contribution in [-0.4, -0.2) is 22.8 Å². The molecule has 1 aliphatic rings. The number of carbonyl (C=O) groups excluding carboxylic acids is 2. The van der Waals surface area contributed by atoms with Crippen molar-refractivity contribution in [2.75, 3.05) is 5.01 Å². The first kappa shape index (κ1) is 19.1. The lowest BCUT2D eigenvalue weighted by Crippen LogP contribution is -2.35. The van der Waals surface area contributed by atoms with Crippen molar-refractivity contribution >= 4 is 29.3 Å². The number of hydrogen-bond acceptors (Lipinski definition) is 5. The normalized spacial score (nSPS) is 16.2. The van der Waals surface area contributed by atoms with Crippen LogP contribution in [0.5, 0.6) is 5.75 Å². The van der Waals surface area contributed by atoms with Gasteiger partial charge in [0.05, 0.1) is 16.7 Å². The third-order valence-corrected chi connectivity index (χ3v) is 4.30. The molecule has 0 radical (unpaired) electrons. The Kier molecular flexibility index (Phi) is 5.39. The number of hydrogen-bond donors (Lipinski definition) is 1. The molecule has 3 rings (SSSR count). The topological polar surface area (TPSA) is 102 Å². The molecule has 1 aliphatic heterocycles. The number of amides is 2. The molecule has 1 heterocycles. The first-order valence-corrected chi connectivity index (χ1v) is 8.78. The maximum Gasteiger partial charge on any atom is 0.311 e. The van der Waals surface area contributed by atoms with Crippen LogP contribution in [0.4, 0.5) is 11.4 Å². The van der Waals surface area contributed by atoms with Crippen LogP contribution in [0.15, 0.2) is 54.1 Å². The molecule has 0 unspecified atom stereocenters. The zero-order chi connectivity index (χ0) is 20.3. The van der Waals surface area contributed by atoms with Gasteiger partial charge in [-0.05, 0) is 43.2 Å². The first-order valence-electron chi connectivity index (χ1n) is 8.78. The van der Waals surface area contributed by atoms with Gasteiger partial charge in [-0.1, -0.05) is 31.2 Å². The highest BCUT2D eigenvalue weighted by Gasteiger charge is 2.34. The van der Waals surface area contributed by atoms with E-state index in [1.54, 1.807) is 36.4 Å². The van der Waals surface area contributed by atoms with E-state index in [0.717, 1.165) is 5.01 Å². The Balaban J connectivity index is 1.92. The van der Waals surface area contributed by atoms with Crippen LogP contribution in [0, 0.1) is 10.1 Å². The van der Waals surface area contributed by atoms with Gasteiger partial charge in [0.2, 0.25) is 0 Å². The monoisotopic (exact) mass is 381 g/mol. The predicted molar refractivity (Wildman–Crippen MR) is 104 cm³/mol. The van der Waals surface area contributed by atoms with Gasteiger partial charge in [0.1, 0.15) is 5.57 Å². The summed E-state index contributed by atoms with van der Waals surface area (Å²) < 4.78 is 5.58. The van der Waals surface area contributed by atoms with E-state index in [-0.39, 0.29) is 23.1 Å². The largest absolute Gasteiger partial charge is 0.484 e. The van der Waals surface area contributed by atoms with Crippen molar-refractivity contribution in [3.63, 3.8) is 0 Å². The van der Waals surface area contributed by atoms with Crippen LogP contribution in [0.2, 0.25) is 0 Å². The number of nitrogens with zero attached hydrogens (tertiary/aromatic N) is 2. The lowest BCUT2D eigenvalue weighted by atomic mass is 10.1. The molecular weight excluding hydrogens is 362 g/mol. The SMILES string of the molecule is CC[C@H](C)Oc1ccc(/C=C2/C(=O)NN(c3ccccc3)C2=O)cc1[N+](=O)[O-]. The van der Waals surface area contributed by atoms with Gasteiger partial charge in [-0.3, -0.25) is 25.1 Å². The van der Waals surface area contributed by atoms with Crippen molar-refractivity contribution in [3.05, 3.63) is 69.8 Å². The average Bonchev–Trinajstić information content (AvgIpc) is 2.97. The third kappa shape index (κ3) is 3.85. The summed E-state index contributed by atoms with van der Waals surface area (Å²) in [4.78, 5) is 35.7. The first-order chi connectivity index (χ1) is 13.4. The van der Waals surface area contributed by atoms with Crippen LogP contribution < -0.4 is 15.2 Å². The lowest BCUT2D eigenvalue weighted by molar-refractivity contribution is -0.386. The van der Waals surface area contributed by atoms with Gasteiger partial charge < -0.3 is 4.74 Å². The summed E-state index contributed by atoms with van der Waals surface area (Å²) in [6.07, 6.45) is 1.86. The molecule has 1 atom stereocenters. The van der Waals surface area contributed by atoms with E-state index < -0.39 is 16.7 Å². The van der Waals surface area contributed by atoms with Crippen molar-refractivity contribution in [1.29, 1.82) is 0 Å². The fraction of sp³-hybridized carbons (Fsp3) is 0.200. The van der Waals surface area contributed by atoms with Gasteiger partial charge in [-0.15, -0.1) is 0 Å². The van der Waals surface area contributed by atoms with E-state index in [2.05, 4.69) is 5.43 Å². The van der Waals surface area contributed by atoms with E-state index in [0.29, 0.717) is 17.7 Å². The smallest absolute Gasteiger partial charge is 0.311 e. The van der Waals surface area contributed by atoms with E-state index >= 15 is 0 Å². The number of anilines is 1. The maximum absolute atomic E-state index is 12.6. The van der Waals surface area contributed by atoms with Crippen LogP contribution >= 0.6 is 0 Å². The number of carbonyl (C=O) groups is 2. The number of nitro benzene ring substituents is 1. The fourth-order valence-corrected chi connectivity index (χ4v) is 2.65. The second-order valence-electron chi connectivity index (χ2n) is 6.30. The summed E-state index contributed by atoms with van der Waals surface area (Å²) in [6, 6.07) is 13.0. The third-order valence-electron chi connectivity index (χ3n) is 4.30. The highest BCUT2D eigenvalue weighted by molar-refractivity contribution is 6.31. The lowest BCUT2D eigenvalue weighted by Gasteiger charge is -2.14. The Morgan fingerprint density at radius 3 is 2.57 bits per heavy atom. The van der Waals surface area contributed by atoms with Gasteiger partial charge in [0, 0.05) is 6.07 Å². The average molecular weight is 381 g/mol. The number of hydrazine groups is 1. The molecule has 2 aromatic rings. The van der Waals surface area contributed by atoms with Crippen LogP contribution in [-0.2, 0) is 9.59 Å². The molecule has 0 aromatic heterocycles. The summed E-state index contributed by atoms with van der Waals surface area (Å²) in [5.41, 5.74) is 3.04. The molecule has 1 saturated heterocycles. The van der Waals surface area contributed by atoms with Gasteiger partial charge in [0.15, 0.2) is 5.75 Å². The Hall–Kier alpha value is -3.68. The maximum atomic E-state index is 12.6. The minimum atomic E-state index is -0.573. The molecule has 8 heteroatoms. The molecule has 28 heavy (non-hydrogen) atoms. The molecule has 8 nitrogen and oxygen atoms in total. The molecular formula is C20H19N3O5. The quantitative estimate of drug-likeness (QED) is 0.358. The number of ether oxygens (including phenoxy) is 1. The van der Waals surface area contributed by atoms with Crippen LogP contribution in [0.3, 0.4) is 0 Å². The molecule has 0 aliphatic carbocycles. The predicted octanol–water partition coefficient (Wildman–Crippen LogP) is 3.23. The fourth-order valence-electron chi connectivity index (χ4n) is 2.65. The molecule has 0 bridgehead atoms. The van der Waals surface area contributed by atoms with Crippen molar-refractivity contribution in [3.8, 4) is 5.75 Å². The molecule has 144 valence electrons. The van der Waals surface area contributed by atoms with Gasteiger partial charge >= 0.3 is 5.69 Å². The van der Waals surface area contributed by atoms with Gasteiger partial charge in [-0.2, -0.15) is 0 Å². The highest BCUT2D eigenvalue weighted by Crippen LogP contribution is 2.30. The molecule has 2 amide bonds. The van der Waals surface area contributed by atoms with E-state index in [1.165, 1.54) is 18.2 Å². The molecule has 0 spiro atoms. The van der Waals surface area contributed by atoms with Crippen molar-refractivity contribution in [2.45, 2.75) is 26.4 Å². The molecule has 0 saturated carbocycles. The second kappa shape index (κ2) is 7.91. The molecule has 1 fully saturated rings. The Bertz CT molecular complexity index is 956. The second-order valence-corrected chi connectivity index (χ2v) is 6.30. The summed E-state index contributed by atoms with van der Waals surface area (Å²) >= 11 is 0.